The highest BCUT2D eigenvalue weighted by molar-refractivity contribution is 6.32. The van der Waals surface area contributed by atoms with Crippen LogP contribution in [-0.4, -0.2) is 5.91 Å². The average molecular weight is 354 g/mol. The third kappa shape index (κ3) is 4.86. The van der Waals surface area contributed by atoms with Gasteiger partial charge in [-0.3, -0.25) is 4.79 Å². The number of benzene rings is 2. The molecule has 126 valence electrons. The Hall–Kier alpha value is -2.27. The van der Waals surface area contributed by atoms with Crippen LogP contribution in [0.25, 0.3) is 6.08 Å². The minimum atomic E-state index is -4.46. The van der Waals surface area contributed by atoms with Crippen LogP contribution in [-0.2, 0) is 11.0 Å². The summed E-state index contributed by atoms with van der Waals surface area (Å²) in [6.45, 7) is 1.82. The molecular weight excluding hydrogens is 339 g/mol. The molecule has 1 N–H and O–H groups in total. The molecule has 2 rings (SSSR count). The highest BCUT2D eigenvalue weighted by atomic mass is 35.5. The smallest absolute Gasteiger partial charge is 0.346 e. The molecule has 0 fully saturated rings. The Morgan fingerprint density at radius 1 is 1.17 bits per heavy atom. The molecule has 0 aliphatic heterocycles. The van der Waals surface area contributed by atoms with Crippen LogP contribution in [0.3, 0.4) is 0 Å². The van der Waals surface area contributed by atoms with Gasteiger partial charge in [0, 0.05) is 11.1 Å². The van der Waals surface area contributed by atoms with Crippen LogP contribution in [0.5, 0.6) is 0 Å². The molecule has 0 saturated heterocycles. The summed E-state index contributed by atoms with van der Waals surface area (Å²) in [6.07, 6.45) is -2.03. The summed E-state index contributed by atoms with van der Waals surface area (Å²) < 4.78 is 38.1. The van der Waals surface area contributed by atoms with E-state index >= 15 is 0 Å². The first-order valence-electron chi connectivity index (χ1n) is 7.17. The second-order valence-electron chi connectivity index (χ2n) is 5.21. The van der Waals surface area contributed by atoms with Crippen LogP contribution in [0.2, 0.25) is 5.02 Å². The number of carbonyl (C=O) groups excluding carboxylic acids is 1. The first-order chi connectivity index (χ1) is 11.3. The normalized spacial score (nSPS) is 13.0. The van der Waals surface area contributed by atoms with Crippen LogP contribution in [0.15, 0.2) is 54.6 Å². The molecule has 6 heteroatoms. The number of hydrogen-bond acceptors (Lipinski definition) is 1. The molecule has 0 radical (unpaired) electrons. The molecule has 1 atom stereocenters. The van der Waals surface area contributed by atoms with E-state index in [0.29, 0.717) is 0 Å². The number of nitrogens with one attached hydrogen (secondary N) is 1. The van der Waals surface area contributed by atoms with Gasteiger partial charge in [-0.1, -0.05) is 41.9 Å². The van der Waals surface area contributed by atoms with E-state index < -0.39 is 17.6 Å². The summed E-state index contributed by atoms with van der Waals surface area (Å²) in [7, 11) is 0. The highest BCUT2D eigenvalue weighted by Gasteiger charge is 2.30. The quantitative estimate of drug-likeness (QED) is 0.747. The summed E-state index contributed by atoms with van der Waals surface area (Å²) >= 11 is 5.88. The molecule has 24 heavy (non-hydrogen) atoms. The van der Waals surface area contributed by atoms with Crippen LogP contribution in [0.1, 0.15) is 29.7 Å². The van der Waals surface area contributed by atoms with Gasteiger partial charge in [0.1, 0.15) is 0 Å². The molecule has 0 aliphatic carbocycles. The lowest BCUT2D eigenvalue weighted by Crippen LogP contribution is -2.24. The maximum Gasteiger partial charge on any atom is 0.416 e. The number of alkyl halides is 3. The van der Waals surface area contributed by atoms with Gasteiger partial charge in [-0.15, -0.1) is 0 Å². The Bertz CT molecular complexity index is 742. The number of rotatable bonds is 4. The van der Waals surface area contributed by atoms with Crippen LogP contribution in [0.4, 0.5) is 13.2 Å². The zero-order valence-electron chi connectivity index (χ0n) is 12.8. The molecule has 2 nitrogen and oxygen atoms in total. The second kappa shape index (κ2) is 7.53. The van der Waals surface area contributed by atoms with Crippen molar-refractivity contribution in [3.63, 3.8) is 0 Å². The van der Waals surface area contributed by atoms with Crippen molar-refractivity contribution in [1.82, 2.24) is 5.32 Å². The SMILES string of the molecule is CC(NC(=O)/C=C/c1cc(C(F)(F)F)ccc1Cl)c1ccccc1. The summed E-state index contributed by atoms with van der Waals surface area (Å²) in [4.78, 5) is 11.9. The first kappa shape index (κ1) is 18.1. The van der Waals surface area contributed by atoms with E-state index in [0.717, 1.165) is 23.8 Å². The van der Waals surface area contributed by atoms with Gasteiger partial charge in [-0.05, 0) is 42.3 Å². The Balaban J connectivity index is 2.09. The lowest BCUT2D eigenvalue weighted by molar-refractivity contribution is -0.137. The Morgan fingerprint density at radius 2 is 1.83 bits per heavy atom. The Morgan fingerprint density at radius 3 is 2.46 bits per heavy atom. The summed E-state index contributed by atoms with van der Waals surface area (Å²) in [5.41, 5.74) is 0.245. The highest BCUT2D eigenvalue weighted by Crippen LogP contribution is 2.32. The molecule has 2 aromatic rings. The van der Waals surface area contributed by atoms with Gasteiger partial charge < -0.3 is 5.32 Å². The van der Waals surface area contributed by atoms with E-state index in [9.17, 15) is 18.0 Å². The minimum absolute atomic E-state index is 0.133. The molecule has 2 aromatic carbocycles. The molecule has 0 aromatic heterocycles. The van der Waals surface area contributed by atoms with Crippen LogP contribution >= 0.6 is 11.6 Å². The van der Waals surface area contributed by atoms with Crippen LogP contribution in [0, 0.1) is 0 Å². The molecular formula is C18H15ClF3NO. The van der Waals surface area contributed by atoms with Crippen molar-refractivity contribution in [1.29, 1.82) is 0 Å². The fourth-order valence-corrected chi connectivity index (χ4v) is 2.28. The fourth-order valence-electron chi connectivity index (χ4n) is 2.10. The van der Waals surface area contributed by atoms with Crippen molar-refractivity contribution in [2.45, 2.75) is 19.1 Å². The number of hydrogen-bond donors (Lipinski definition) is 1. The van der Waals surface area contributed by atoms with Gasteiger partial charge in [0.15, 0.2) is 0 Å². The van der Waals surface area contributed by atoms with E-state index in [4.69, 9.17) is 11.6 Å². The number of halogens is 4. The van der Waals surface area contributed by atoms with E-state index in [1.165, 1.54) is 12.2 Å². The summed E-state index contributed by atoms with van der Waals surface area (Å²) in [5.74, 6) is -0.417. The summed E-state index contributed by atoms with van der Waals surface area (Å²) in [6, 6.07) is 12.1. The Kier molecular flexibility index (Phi) is 5.67. The van der Waals surface area contributed by atoms with Crippen molar-refractivity contribution >= 4 is 23.6 Å². The van der Waals surface area contributed by atoms with Crippen molar-refractivity contribution in [3.05, 3.63) is 76.3 Å². The van der Waals surface area contributed by atoms with E-state index in [1.54, 1.807) is 0 Å². The van der Waals surface area contributed by atoms with E-state index in [2.05, 4.69) is 5.32 Å². The van der Waals surface area contributed by atoms with Crippen molar-refractivity contribution in [3.8, 4) is 0 Å². The number of amides is 1. The number of carbonyl (C=O) groups is 1. The van der Waals surface area contributed by atoms with Crippen molar-refractivity contribution in [2.24, 2.45) is 0 Å². The van der Waals surface area contributed by atoms with Gasteiger partial charge in [-0.25, -0.2) is 0 Å². The predicted molar refractivity (Wildman–Crippen MR) is 88.5 cm³/mol. The second-order valence-corrected chi connectivity index (χ2v) is 5.62. The standard InChI is InChI=1S/C18H15ClF3NO/c1-12(13-5-3-2-4-6-13)23-17(24)10-7-14-11-15(18(20,21)22)8-9-16(14)19/h2-12H,1H3,(H,23,24)/b10-7+. The molecule has 0 bridgehead atoms. The topological polar surface area (TPSA) is 29.1 Å². The molecule has 0 spiro atoms. The molecule has 0 saturated carbocycles. The minimum Gasteiger partial charge on any atom is -0.346 e. The zero-order valence-corrected chi connectivity index (χ0v) is 13.5. The maximum absolute atomic E-state index is 12.7. The molecule has 0 heterocycles. The van der Waals surface area contributed by atoms with Gasteiger partial charge in [0.2, 0.25) is 5.91 Å². The Labute approximate surface area is 142 Å². The van der Waals surface area contributed by atoms with Gasteiger partial charge in [-0.2, -0.15) is 13.2 Å². The molecule has 1 unspecified atom stereocenters. The van der Waals surface area contributed by atoms with Crippen LogP contribution < -0.4 is 5.32 Å². The maximum atomic E-state index is 12.7. The first-order valence-corrected chi connectivity index (χ1v) is 7.55. The molecule has 0 aliphatic rings. The summed E-state index contributed by atoms with van der Waals surface area (Å²) in [5, 5.41) is 2.88. The largest absolute Gasteiger partial charge is 0.416 e. The predicted octanol–water partition coefficient (Wildman–Crippen LogP) is 5.25. The average Bonchev–Trinajstić information content (AvgIpc) is 2.53. The third-order valence-corrected chi connectivity index (χ3v) is 3.74. The van der Waals surface area contributed by atoms with Crippen molar-refractivity contribution < 1.29 is 18.0 Å². The third-order valence-electron chi connectivity index (χ3n) is 3.40. The van der Waals surface area contributed by atoms with E-state index in [-0.39, 0.29) is 16.6 Å². The monoisotopic (exact) mass is 353 g/mol. The zero-order chi connectivity index (χ0) is 17.7. The van der Waals surface area contributed by atoms with Crippen molar-refractivity contribution in [2.75, 3.05) is 0 Å². The van der Waals surface area contributed by atoms with Gasteiger partial charge in [0.05, 0.1) is 11.6 Å². The van der Waals surface area contributed by atoms with Gasteiger partial charge in [0.25, 0.3) is 0 Å². The lowest BCUT2D eigenvalue weighted by atomic mass is 10.1. The lowest BCUT2D eigenvalue weighted by Gasteiger charge is -2.12. The fraction of sp³-hybridized carbons (Fsp3) is 0.167. The van der Waals surface area contributed by atoms with Gasteiger partial charge >= 0.3 is 6.18 Å². The molecule has 1 amide bonds. The van der Waals surface area contributed by atoms with E-state index in [1.807, 2.05) is 37.3 Å².